The molecule has 0 aromatic carbocycles. The molecule has 0 radical (unpaired) electrons. The van der Waals surface area contributed by atoms with Crippen molar-refractivity contribution in [2.75, 3.05) is 13.2 Å². The van der Waals surface area contributed by atoms with Gasteiger partial charge in [0.1, 0.15) is 13.2 Å². The molecular weight excluding hydrogens is 126 g/mol. The lowest BCUT2D eigenvalue weighted by molar-refractivity contribution is 0.119. The van der Waals surface area contributed by atoms with E-state index >= 15 is 0 Å². The van der Waals surface area contributed by atoms with Crippen LogP contribution >= 0.6 is 0 Å². The molecule has 1 fully saturated rings. The lowest BCUT2D eigenvalue weighted by atomic mass is 10.4. The van der Waals surface area contributed by atoms with E-state index in [2.05, 4.69) is 14.7 Å². The molecule has 0 bridgehead atoms. The number of nitroso groups, excluding NO2 is 1. The molecule has 1 saturated heterocycles. The largest absolute Gasteiger partial charge is 0.508 e. The molecule has 50 valence electrons. The Bertz CT molecular complexity index is 135. The molecule has 0 amide bonds. The van der Waals surface area contributed by atoms with Crippen LogP contribution in [0.2, 0.25) is 0 Å². The Morgan fingerprint density at radius 2 is 2.56 bits per heavy atom. The first-order valence-electron chi connectivity index (χ1n) is 2.45. The van der Waals surface area contributed by atoms with Gasteiger partial charge in [-0.15, -0.1) is 0 Å². The Labute approximate surface area is 50.9 Å². The normalized spacial score (nSPS) is 24.9. The van der Waals surface area contributed by atoms with Crippen LogP contribution in [-0.2, 0) is 9.47 Å². The van der Waals surface area contributed by atoms with Crippen molar-refractivity contribution >= 4 is 6.16 Å². The fourth-order valence-corrected chi connectivity index (χ4v) is 0.538. The number of carbonyl (C=O) groups excluding carboxylic acids is 1. The van der Waals surface area contributed by atoms with Gasteiger partial charge in [-0.3, -0.25) is 0 Å². The Hall–Kier alpha value is -1.13. The van der Waals surface area contributed by atoms with E-state index in [-0.39, 0.29) is 13.2 Å². The maximum Gasteiger partial charge on any atom is 0.508 e. The summed E-state index contributed by atoms with van der Waals surface area (Å²) in [6.45, 7) is 0.121. The van der Waals surface area contributed by atoms with E-state index in [9.17, 15) is 9.70 Å². The third-order valence-electron chi connectivity index (χ3n) is 0.928. The van der Waals surface area contributed by atoms with Crippen LogP contribution in [0.15, 0.2) is 5.18 Å². The van der Waals surface area contributed by atoms with Gasteiger partial charge in [0.25, 0.3) is 0 Å². The standard InChI is InChI=1S/C4H5NO4/c6-4-8-2-3(9-4)1-5-7/h3H,1-2H2. The zero-order chi connectivity index (χ0) is 6.69. The summed E-state index contributed by atoms with van der Waals surface area (Å²) in [7, 11) is 0. The van der Waals surface area contributed by atoms with Crippen molar-refractivity contribution in [3.8, 4) is 0 Å². The fourth-order valence-electron chi connectivity index (χ4n) is 0.538. The summed E-state index contributed by atoms with van der Waals surface area (Å²) in [6, 6.07) is 0. The molecule has 0 aromatic rings. The average Bonchev–Trinajstić information content (AvgIpc) is 2.17. The first kappa shape index (κ1) is 6.00. The maximum atomic E-state index is 10.1. The van der Waals surface area contributed by atoms with Gasteiger partial charge in [0.05, 0.1) is 0 Å². The molecule has 1 rings (SSSR count). The van der Waals surface area contributed by atoms with Gasteiger partial charge in [-0.25, -0.2) is 4.79 Å². The van der Waals surface area contributed by atoms with Crippen LogP contribution in [0.5, 0.6) is 0 Å². The summed E-state index contributed by atoms with van der Waals surface area (Å²) < 4.78 is 8.80. The van der Waals surface area contributed by atoms with Gasteiger partial charge in [-0.1, -0.05) is 5.18 Å². The molecule has 1 aliphatic rings. The second-order valence-corrected chi connectivity index (χ2v) is 1.61. The quantitative estimate of drug-likeness (QED) is 0.399. The van der Waals surface area contributed by atoms with Crippen molar-refractivity contribution in [2.24, 2.45) is 5.18 Å². The van der Waals surface area contributed by atoms with Crippen LogP contribution < -0.4 is 0 Å². The van der Waals surface area contributed by atoms with Crippen molar-refractivity contribution in [1.82, 2.24) is 0 Å². The Balaban J connectivity index is 2.29. The van der Waals surface area contributed by atoms with Crippen molar-refractivity contribution in [1.29, 1.82) is 0 Å². The lowest BCUT2D eigenvalue weighted by Crippen LogP contribution is -2.12. The molecule has 1 aliphatic heterocycles. The summed E-state index contributed by atoms with van der Waals surface area (Å²) >= 11 is 0. The highest BCUT2D eigenvalue weighted by Gasteiger charge is 2.24. The molecule has 5 heteroatoms. The molecule has 1 heterocycles. The van der Waals surface area contributed by atoms with E-state index in [1.165, 1.54) is 0 Å². The van der Waals surface area contributed by atoms with Crippen molar-refractivity contribution in [2.45, 2.75) is 6.10 Å². The number of carbonyl (C=O) groups is 1. The van der Waals surface area contributed by atoms with E-state index in [1.807, 2.05) is 0 Å². The minimum absolute atomic E-state index is 0.0221. The number of nitrogens with zero attached hydrogens (tertiary/aromatic N) is 1. The van der Waals surface area contributed by atoms with Gasteiger partial charge >= 0.3 is 6.16 Å². The SMILES string of the molecule is O=NCC1COC(=O)O1. The monoisotopic (exact) mass is 131 g/mol. The Kier molecular flexibility index (Phi) is 1.62. The molecule has 0 N–H and O–H groups in total. The van der Waals surface area contributed by atoms with Gasteiger partial charge in [-0.2, -0.15) is 4.91 Å². The number of cyclic esters (lactones) is 2. The highest BCUT2D eigenvalue weighted by atomic mass is 16.8. The number of hydrogen-bond acceptors (Lipinski definition) is 5. The van der Waals surface area contributed by atoms with Crippen LogP contribution in [-0.4, -0.2) is 25.4 Å². The molecule has 0 saturated carbocycles. The second-order valence-electron chi connectivity index (χ2n) is 1.61. The van der Waals surface area contributed by atoms with Crippen LogP contribution in [0.25, 0.3) is 0 Å². The third kappa shape index (κ3) is 1.38. The minimum atomic E-state index is -0.719. The summed E-state index contributed by atoms with van der Waals surface area (Å²) in [5, 5.41) is 2.54. The highest BCUT2D eigenvalue weighted by Crippen LogP contribution is 2.05. The van der Waals surface area contributed by atoms with E-state index in [1.54, 1.807) is 0 Å². The Morgan fingerprint density at radius 3 is 3.00 bits per heavy atom. The number of ether oxygens (including phenoxy) is 2. The van der Waals surface area contributed by atoms with Crippen LogP contribution in [0.3, 0.4) is 0 Å². The topological polar surface area (TPSA) is 65.0 Å². The minimum Gasteiger partial charge on any atom is -0.430 e. The summed E-state index contributed by atoms with van der Waals surface area (Å²) in [6.07, 6.45) is -1.18. The fraction of sp³-hybridized carbons (Fsp3) is 0.750. The molecular formula is C4H5NO4. The van der Waals surface area contributed by atoms with Gasteiger partial charge in [0.2, 0.25) is 0 Å². The molecule has 1 unspecified atom stereocenters. The summed E-state index contributed by atoms with van der Waals surface area (Å²) in [4.78, 5) is 19.7. The third-order valence-corrected chi connectivity index (χ3v) is 0.928. The van der Waals surface area contributed by atoms with E-state index < -0.39 is 12.3 Å². The maximum absolute atomic E-state index is 10.1. The number of hydrogen-bond donors (Lipinski definition) is 0. The summed E-state index contributed by atoms with van der Waals surface area (Å²) in [5.74, 6) is 0. The van der Waals surface area contributed by atoms with Gasteiger partial charge in [0.15, 0.2) is 6.10 Å². The van der Waals surface area contributed by atoms with Crippen LogP contribution in [0.1, 0.15) is 0 Å². The van der Waals surface area contributed by atoms with Crippen LogP contribution in [0, 0.1) is 4.91 Å². The smallest absolute Gasteiger partial charge is 0.430 e. The van der Waals surface area contributed by atoms with Crippen molar-refractivity contribution in [3.63, 3.8) is 0 Å². The first-order valence-corrected chi connectivity index (χ1v) is 2.45. The molecule has 1 atom stereocenters. The van der Waals surface area contributed by atoms with E-state index in [0.29, 0.717) is 0 Å². The second kappa shape index (κ2) is 2.43. The lowest BCUT2D eigenvalue weighted by Gasteiger charge is -1.95. The van der Waals surface area contributed by atoms with Crippen molar-refractivity contribution in [3.05, 3.63) is 4.91 Å². The van der Waals surface area contributed by atoms with Crippen LogP contribution in [0.4, 0.5) is 4.79 Å². The first-order chi connectivity index (χ1) is 4.33. The van der Waals surface area contributed by atoms with Crippen molar-refractivity contribution < 1.29 is 14.3 Å². The summed E-state index contributed by atoms with van der Waals surface area (Å²) in [5.41, 5.74) is 0. The average molecular weight is 131 g/mol. The number of rotatable bonds is 2. The zero-order valence-electron chi connectivity index (χ0n) is 4.57. The van der Waals surface area contributed by atoms with E-state index in [0.717, 1.165) is 0 Å². The van der Waals surface area contributed by atoms with E-state index in [4.69, 9.17) is 0 Å². The molecule has 5 nitrogen and oxygen atoms in total. The highest BCUT2D eigenvalue weighted by molar-refractivity contribution is 5.61. The predicted molar refractivity (Wildman–Crippen MR) is 26.9 cm³/mol. The molecule has 0 aromatic heterocycles. The molecule has 9 heavy (non-hydrogen) atoms. The Morgan fingerprint density at radius 1 is 1.78 bits per heavy atom. The zero-order valence-corrected chi connectivity index (χ0v) is 4.57. The van der Waals surface area contributed by atoms with Gasteiger partial charge < -0.3 is 9.47 Å². The molecule has 0 aliphatic carbocycles. The predicted octanol–water partition coefficient (Wildman–Crippen LogP) is 0.288. The van der Waals surface area contributed by atoms with Gasteiger partial charge in [-0.05, 0) is 0 Å². The van der Waals surface area contributed by atoms with Gasteiger partial charge in [0, 0.05) is 0 Å². The molecule has 0 spiro atoms.